The number of nitrogen functional groups attached to an aromatic ring is 1. The standard InChI is InChI=1S/C25H21FN4O/c1-30-23-15-19(27)7-11-22(23)28-24(30)12-4-16-2-8-20(9-3-16)31-25-13-5-17-14-18(26)6-10-21(17)29-25/h2-3,5-11,13-15H,4,12,27H2,1H3. The molecule has 0 saturated carbocycles. The molecule has 3 aromatic carbocycles. The number of anilines is 1. The van der Waals surface area contributed by atoms with Crippen LogP contribution in [-0.4, -0.2) is 14.5 Å². The molecule has 0 radical (unpaired) electrons. The Kier molecular flexibility index (Phi) is 4.75. The topological polar surface area (TPSA) is 66.0 Å². The summed E-state index contributed by atoms with van der Waals surface area (Å²) in [5.41, 5.74) is 10.5. The van der Waals surface area contributed by atoms with Gasteiger partial charge < -0.3 is 15.0 Å². The summed E-state index contributed by atoms with van der Waals surface area (Å²) in [7, 11) is 2.02. The van der Waals surface area contributed by atoms with Crippen LogP contribution in [0.2, 0.25) is 0 Å². The molecule has 6 heteroatoms. The number of pyridine rings is 1. The molecular weight excluding hydrogens is 391 g/mol. The number of hydrogen-bond acceptors (Lipinski definition) is 4. The van der Waals surface area contributed by atoms with Crippen molar-refractivity contribution in [1.82, 2.24) is 14.5 Å². The number of imidazole rings is 1. The fourth-order valence-electron chi connectivity index (χ4n) is 3.72. The van der Waals surface area contributed by atoms with Crippen LogP contribution < -0.4 is 10.5 Å². The van der Waals surface area contributed by atoms with Crippen molar-refractivity contribution in [3.63, 3.8) is 0 Å². The molecule has 0 aliphatic carbocycles. The minimum atomic E-state index is -0.277. The van der Waals surface area contributed by atoms with Crippen LogP contribution in [0.3, 0.4) is 0 Å². The first-order chi connectivity index (χ1) is 15.0. The zero-order chi connectivity index (χ0) is 21.4. The van der Waals surface area contributed by atoms with E-state index in [9.17, 15) is 4.39 Å². The Morgan fingerprint density at radius 2 is 1.68 bits per heavy atom. The normalized spacial score (nSPS) is 11.3. The van der Waals surface area contributed by atoms with Gasteiger partial charge in [0.05, 0.1) is 16.6 Å². The van der Waals surface area contributed by atoms with Crippen molar-refractivity contribution in [2.45, 2.75) is 12.8 Å². The zero-order valence-electron chi connectivity index (χ0n) is 17.0. The second-order valence-electron chi connectivity index (χ2n) is 7.57. The Bertz CT molecular complexity index is 1390. The van der Waals surface area contributed by atoms with E-state index in [2.05, 4.69) is 9.55 Å². The molecule has 2 heterocycles. The van der Waals surface area contributed by atoms with Gasteiger partial charge >= 0.3 is 0 Å². The lowest BCUT2D eigenvalue weighted by Crippen LogP contribution is -2.00. The molecule has 2 N–H and O–H groups in total. The summed E-state index contributed by atoms with van der Waals surface area (Å²) in [5, 5.41) is 0.743. The Labute approximate surface area is 178 Å². The molecule has 0 atom stereocenters. The largest absolute Gasteiger partial charge is 0.439 e. The number of aryl methyl sites for hydroxylation is 3. The van der Waals surface area contributed by atoms with E-state index in [1.54, 1.807) is 18.2 Å². The number of halogens is 1. The predicted molar refractivity (Wildman–Crippen MR) is 121 cm³/mol. The molecule has 0 amide bonds. The van der Waals surface area contributed by atoms with Crippen LogP contribution in [0.5, 0.6) is 11.6 Å². The number of hydrogen-bond donors (Lipinski definition) is 1. The zero-order valence-corrected chi connectivity index (χ0v) is 17.0. The van der Waals surface area contributed by atoms with Gasteiger partial charge in [-0.05, 0) is 66.6 Å². The molecule has 0 aliphatic rings. The lowest BCUT2D eigenvalue weighted by Gasteiger charge is -2.07. The van der Waals surface area contributed by atoms with Crippen molar-refractivity contribution in [2.75, 3.05) is 5.73 Å². The quantitative estimate of drug-likeness (QED) is 0.392. The summed E-state index contributed by atoms with van der Waals surface area (Å²) in [6, 6.07) is 21.8. The van der Waals surface area contributed by atoms with Crippen LogP contribution >= 0.6 is 0 Å². The van der Waals surface area contributed by atoms with Crippen molar-refractivity contribution in [2.24, 2.45) is 7.05 Å². The Morgan fingerprint density at radius 3 is 2.52 bits per heavy atom. The minimum absolute atomic E-state index is 0.277. The molecule has 0 bridgehead atoms. The number of benzene rings is 3. The smallest absolute Gasteiger partial charge is 0.219 e. The van der Waals surface area contributed by atoms with Gasteiger partial charge in [0.1, 0.15) is 17.4 Å². The average molecular weight is 412 g/mol. The molecule has 0 unspecified atom stereocenters. The lowest BCUT2D eigenvalue weighted by atomic mass is 10.1. The van der Waals surface area contributed by atoms with Crippen molar-refractivity contribution < 1.29 is 9.13 Å². The number of nitrogens with two attached hydrogens (primary N) is 1. The third-order valence-corrected chi connectivity index (χ3v) is 5.41. The Morgan fingerprint density at radius 1 is 0.871 bits per heavy atom. The van der Waals surface area contributed by atoms with E-state index in [-0.39, 0.29) is 5.82 Å². The lowest BCUT2D eigenvalue weighted by molar-refractivity contribution is 0.465. The minimum Gasteiger partial charge on any atom is -0.439 e. The molecule has 0 fully saturated rings. The van der Waals surface area contributed by atoms with E-state index in [1.807, 2.05) is 49.5 Å². The van der Waals surface area contributed by atoms with Crippen LogP contribution in [0.4, 0.5) is 10.1 Å². The fourth-order valence-corrected chi connectivity index (χ4v) is 3.72. The van der Waals surface area contributed by atoms with Crippen LogP contribution in [0.15, 0.2) is 72.8 Å². The SMILES string of the molecule is Cn1c(CCc2ccc(Oc3ccc4cc(F)ccc4n3)cc2)nc2ccc(N)cc21. The monoisotopic (exact) mass is 412 g/mol. The van der Waals surface area contributed by atoms with Gasteiger partial charge in [-0.2, -0.15) is 0 Å². The third kappa shape index (κ3) is 3.92. The molecule has 31 heavy (non-hydrogen) atoms. The summed E-state index contributed by atoms with van der Waals surface area (Å²) in [6.45, 7) is 0. The number of fused-ring (bicyclic) bond motifs is 2. The maximum atomic E-state index is 13.3. The van der Waals surface area contributed by atoms with Gasteiger partial charge in [-0.15, -0.1) is 0 Å². The van der Waals surface area contributed by atoms with Crippen molar-refractivity contribution in [3.05, 3.63) is 90.0 Å². The van der Waals surface area contributed by atoms with Crippen molar-refractivity contribution in [3.8, 4) is 11.6 Å². The third-order valence-electron chi connectivity index (χ3n) is 5.41. The Balaban J connectivity index is 1.27. The second-order valence-corrected chi connectivity index (χ2v) is 7.57. The molecule has 154 valence electrons. The summed E-state index contributed by atoms with van der Waals surface area (Å²) in [4.78, 5) is 9.16. The molecule has 0 spiro atoms. The first-order valence-electron chi connectivity index (χ1n) is 10.1. The number of aromatic nitrogens is 3. The van der Waals surface area contributed by atoms with Crippen molar-refractivity contribution >= 4 is 27.6 Å². The number of ether oxygens (including phenoxy) is 1. The second kappa shape index (κ2) is 7.72. The highest BCUT2D eigenvalue weighted by Crippen LogP contribution is 2.24. The molecule has 5 aromatic rings. The van der Waals surface area contributed by atoms with Gasteiger partial charge in [0.2, 0.25) is 5.88 Å². The average Bonchev–Trinajstić information content (AvgIpc) is 3.08. The van der Waals surface area contributed by atoms with Crippen LogP contribution in [0.25, 0.3) is 21.9 Å². The van der Waals surface area contributed by atoms with Gasteiger partial charge in [0.15, 0.2) is 0 Å². The van der Waals surface area contributed by atoms with E-state index >= 15 is 0 Å². The van der Waals surface area contributed by atoms with Gasteiger partial charge in [-0.3, -0.25) is 0 Å². The summed E-state index contributed by atoms with van der Waals surface area (Å²) in [5.74, 6) is 1.93. The van der Waals surface area contributed by atoms with Gasteiger partial charge in [0.25, 0.3) is 0 Å². The highest BCUT2D eigenvalue weighted by Gasteiger charge is 2.09. The number of rotatable bonds is 5. The highest BCUT2D eigenvalue weighted by molar-refractivity contribution is 5.80. The maximum absolute atomic E-state index is 13.3. The molecular formula is C25H21FN4O. The van der Waals surface area contributed by atoms with Crippen LogP contribution in [-0.2, 0) is 19.9 Å². The van der Waals surface area contributed by atoms with E-state index in [0.717, 1.165) is 40.8 Å². The van der Waals surface area contributed by atoms with Gasteiger partial charge in [-0.1, -0.05) is 12.1 Å². The predicted octanol–water partition coefficient (Wildman–Crippen LogP) is 5.42. The highest BCUT2D eigenvalue weighted by atomic mass is 19.1. The Hall–Kier alpha value is -3.93. The first kappa shape index (κ1) is 19.1. The van der Waals surface area contributed by atoms with Crippen LogP contribution in [0.1, 0.15) is 11.4 Å². The fraction of sp³-hybridized carbons (Fsp3) is 0.120. The molecule has 5 rings (SSSR count). The molecule has 5 nitrogen and oxygen atoms in total. The molecule has 0 aliphatic heterocycles. The van der Waals surface area contributed by atoms with Gasteiger partial charge in [-0.25, -0.2) is 14.4 Å². The van der Waals surface area contributed by atoms with E-state index in [1.165, 1.54) is 17.7 Å². The van der Waals surface area contributed by atoms with E-state index in [4.69, 9.17) is 15.5 Å². The maximum Gasteiger partial charge on any atom is 0.219 e. The van der Waals surface area contributed by atoms with Crippen LogP contribution in [0, 0.1) is 5.82 Å². The van der Waals surface area contributed by atoms with Gasteiger partial charge in [0, 0.05) is 30.6 Å². The summed E-state index contributed by atoms with van der Waals surface area (Å²) >= 11 is 0. The molecule has 2 aromatic heterocycles. The summed E-state index contributed by atoms with van der Waals surface area (Å²) < 4.78 is 21.3. The summed E-state index contributed by atoms with van der Waals surface area (Å²) in [6.07, 6.45) is 1.70. The van der Waals surface area contributed by atoms with Crippen molar-refractivity contribution in [1.29, 1.82) is 0 Å². The molecule has 0 saturated heterocycles. The van der Waals surface area contributed by atoms with E-state index in [0.29, 0.717) is 17.1 Å². The number of nitrogens with zero attached hydrogens (tertiary/aromatic N) is 3. The van der Waals surface area contributed by atoms with E-state index < -0.39 is 0 Å². The first-order valence-corrected chi connectivity index (χ1v) is 10.1.